The molecule has 8 nitrogen and oxygen atoms in total. The van der Waals surface area contributed by atoms with E-state index in [-0.39, 0.29) is 19.1 Å². The van der Waals surface area contributed by atoms with E-state index in [0.29, 0.717) is 23.9 Å². The van der Waals surface area contributed by atoms with Crippen molar-refractivity contribution in [3.63, 3.8) is 0 Å². The van der Waals surface area contributed by atoms with Gasteiger partial charge in [0.05, 0.1) is 39.9 Å². The second-order valence-corrected chi connectivity index (χ2v) is 24.9. The predicted octanol–water partition coefficient (Wildman–Crippen LogP) is 19.0. The van der Waals surface area contributed by atoms with Crippen LogP contribution in [0.15, 0.2) is 0 Å². The fourth-order valence-electron chi connectivity index (χ4n) is 10.1. The Morgan fingerprint density at radius 2 is 0.690 bits per heavy atom. The van der Waals surface area contributed by atoms with Crippen LogP contribution in [0.5, 0.6) is 0 Å². The van der Waals surface area contributed by atoms with Gasteiger partial charge < -0.3 is 28.8 Å². The number of carbonyl (C=O) groups excluding carboxylic acids is 1. The van der Waals surface area contributed by atoms with Crippen LogP contribution in [0.4, 0.5) is 0 Å². The molecule has 0 fully saturated rings. The summed E-state index contributed by atoms with van der Waals surface area (Å²) in [5, 5.41) is 14.1. The molecule has 426 valence electrons. The standard InChI is InChI=1S/C62H127N2O6P/c1-6-8-10-12-14-16-18-20-22-24-26-28-30-31-32-34-35-37-39-41-43-45-47-49-51-53-55-61(65)60(59-70-71(67,68)69-58-57-64(3,4)5)63-62(66)56-54-52-50-48-46-44-42-40-38-36-33-29-27-25-23-21-19-17-15-13-11-9-7-2/h60-61,65H,6-59H2,1-5H3,(H-,63,66,67,68). The number of aliphatic hydroxyl groups excluding tert-OH is 1. The molecule has 0 bridgehead atoms. The number of unbranched alkanes of at least 4 members (excludes halogenated alkanes) is 47. The molecule has 0 saturated carbocycles. The van der Waals surface area contributed by atoms with Gasteiger partial charge in [-0.05, 0) is 12.8 Å². The molecule has 0 aromatic carbocycles. The molecule has 0 aromatic heterocycles. The van der Waals surface area contributed by atoms with Crippen molar-refractivity contribution >= 4 is 13.7 Å². The SMILES string of the molecule is CCCCCCCCCCCCCCCCCCCCCCCCCCCCC(O)C(COP(=O)([O-])OCC[N+](C)(C)C)NC(=O)CCCCCCCCCCCCCCCCCCCCCCCCC. The number of hydrogen-bond donors (Lipinski definition) is 2. The molecule has 0 aromatic rings. The van der Waals surface area contributed by atoms with Crippen LogP contribution in [0.3, 0.4) is 0 Å². The van der Waals surface area contributed by atoms with Crippen LogP contribution < -0.4 is 10.2 Å². The van der Waals surface area contributed by atoms with Crippen LogP contribution in [0.25, 0.3) is 0 Å². The van der Waals surface area contributed by atoms with Crippen molar-refractivity contribution < 1.29 is 32.9 Å². The fourth-order valence-corrected chi connectivity index (χ4v) is 10.8. The Balaban J connectivity index is 4.06. The number of aliphatic hydroxyl groups is 1. The zero-order valence-corrected chi connectivity index (χ0v) is 49.6. The molecule has 3 unspecified atom stereocenters. The van der Waals surface area contributed by atoms with Crippen molar-refractivity contribution in [3.05, 3.63) is 0 Å². The highest BCUT2D eigenvalue weighted by Gasteiger charge is 2.24. The van der Waals surface area contributed by atoms with Gasteiger partial charge in [0, 0.05) is 6.42 Å². The van der Waals surface area contributed by atoms with Crippen LogP contribution >= 0.6 is 7.82 Å². The second kappa shape index (κ2) is 54.3. The van der Waals surface area contributed by atoms with Gasteiger partial charge in [-0.2, -0.15) is 0 Å². The highest BCUT2D eigenvalue weighted by Crippen LogP contribution is 2.38. The molecule has 0 aliphatic rings. The molecule has 0 rings (SSSR count). The quantitative estimate of drug-likeness (QED) is 0.0357. The number of phosphoric ester groups is 1. The smallest absolute Gasteiger partial charge is 0.268 e. The van der Waals surface area contributed by atoms with E-state index in [1.54, 1.807) is 0 Å². The van der Waals surface area contributed by atoms with E-state index in [1.807, 2.05) is 21.1 Å². The van der Waals surface area contributed by atoms with Crippen LogP contribution in [0, 0.1) is 0 Å². The maximum Gasteiger partial charge on any atom is 0.268 e. The highest BCUT2D eigenvalue weighted by molar-refractivity contribution is 7.45. The summed E-state index contributed by atoms with van der Waals surface area (Å²) >= 11 is 0. The van der Waals surface area contributed by atoms with Gasteiger partial charge in [0.1, 0.15) is 13.2 Å². The summed E-state index contributed by atoms with van der Waals surface area (Å²) in [6.45, 7) is 4.79. The molecule has 0 radical (unpaired) electrons. The second-order valence-electron chi connectivity index (χ2n) is 23.5. The number of carbonyl (C=O) groups is 1. The van der Waals surface area contributed by atoms with Gasteiger partial charge >= 0.3 is 0 Å². The molecule has 1 amide bonds. The van der Waals surface area contributed by atoms with Gasteiger partial charge in [-0.25, -0.2) is 0 Å². The van der Waals surface area contributed by atoms with Crippen LogP contribution in [0.1, 0.15) is 341 Å². The molecule has 0 spiro atoms. The third-order valence-electron chi connectivity index (χ3n) is 15.1. The topological polar surface area (TPSA) is 108 Å². The summed E-state index contributed by atoms with van der Waals surface area (Å²) in [7, 11) is 1.33. The van der Waals surface area contributed by atoms with E-state index < -0.39 is 20.0 Å². The average molecular weight is 1030 g/mol. The van der Waals surface area contributed by atoms with Crippen molar-refractivity contribution in [1.82, 2.24) is 5.32 Å². The fraction of sp³-hybridized carbons (Fsp3) is 0.984. The van der Waals surface area contributed by atoms with Gasteiger partial charge in [0.25, 0.3) is 7.82 Å². The highest BCUT2D eigenvalue weighted by atomic mass is 31.2. The third kappa shape index (κ3) is 57.1. The van der Waals surface area contributed by atoms with E-state index in [1.165, 1.54) is 276 Å². The normalized spacial score (nSPS) is 13.7. The summed E-state index contributed by atoms with van der Waals surface area (Å²) in [5.41, 5.74) is 0. The summed E-state index contributed by atoms with van der Waals surface area (Å²) in [6, 6.07) is -0.796. The molecule has 2 N–H and O–H groups in total. The number of nitrogens with zero attached hydrogens (tertiary/aromatic N) is 1. The van der Waals surface area contributed by atoms with E-state index in [9.17, 15) is 19.4 Å². The summed E-state index contributed by atoms with van der Waals surface area (Å²) in [4.78, 5) is 25.6. The minimum absolute atomic E-state index is 0.0168. The molecular weight excluding hydrogens is 900 g/mol. The molecular formula is C62H127N2O6P. The summed E-state index contributed by atoms with van der Waals surface area (Å²) in [5.74, 6) is -0.155. The largest absolute Gasteiger partial charge is 0.756 e. The van der Waals surface area contributed by atoms with Crippen LogP contribution in [-0.4, -0.2) is 68.5 Å². The van der Waals surface area contributed by atoms with Crippen molar-refractivity contribution in [3.8, 4) is 0 Å². The first-order valence-electron chi connectivity index (χ1n) is 31.9. The number of phosphoric acid groups is 1. The summed E-state index contributed by atoms with van der Waals surface area (Å²) < 4.78 is 23.5. The van der Waals surface area contributed by atoms with E-state index >= 15 is 0 Å². The number of nitrogens with one attached hydrogen (secondary N) is 1. The van der Waals surface area contributed by atoms with Crippen molar-refractivity contribution in [2.75, 3.05) is 40.9 Å². The Kier molecular flexibility index (Phi) is 53.9. The third-order valence-corrected chi connectivity index (χ3v) is 16.1. The van der Waals surface area contributed by atoms with Gasteiger partial charge in [-0.3, -0.25) is 9.36 Å². The van der Waals surface area contributed by atoms with Crippen molar-refractivity contribution in [2.45, 2.75) is 353 Å². The monoisotopic (exact) mass is 1030 g/mol. The first-order valence-corrected chi connectivity index (χ1v) is 33.3. The Bertz CT molecular complexity index is 1120. The lowest BCUT2D eigenvalue weighted by molar-refractivity contribution is -0.870. The zero-order chi connectivity index (χ0) is 52.0. The number of quaternary nitrogens is 1. The van der Waals surface area contributed by atoms with Crippen LogP contribution in [-0.2, 0) is 18.4 Å². The Hall–Kier alpha value is -0.500. The lowest BCUT2D eigenvalue weighted by atomic mass is 10.0. The maximum absolute atomic E-state index is 13.0. The maximum atomic E-state index is 13.0. The predicted molar refractivity (Wildman–Crippen MR) is 307 cm³/mol. The van der Waals surface area contributed by atoms with Gasteiger partial charge in [-0.1, -0.05) is 322 Å². The number of likely N-dealkylation sites (N-methyl/N-ethyl adjacent to an activating group) is 1. The number of hydrogen-bond acceptors (Lipinski definition) is 6. The number of rotatable bonds is 60. The lowest BCUT2D eigenvalue weighted by Crippen LogP contribution is -2.46. The van der Waals surface area contributed by atoms with E-state index in [2.05, 4.69) is 19.2 Å². The van der Waals surface area contributed by atoms with Crippen LogP contribution in [0.2, 0.25) is 0 Å². The Labute approximate surface area is 444 Å². The molecule has 0 aliphatic heterocycles. The van der Waals surface area contributed by atoms with Crippen molar-refractivity contribution in [1.29, 1.82) is 0 Å². The van der Waals surface area contributed by atoms with E-state index in [4.69, 9.17) is 9.05 Å². The van der Waals surface area contributed by atoms with Crippen molar-refractivity contribution in [2.24, 2.45) is 0 Å². The number of amides is 1. The molecule has 0 heterocycles. The van der Waals surface area contributed by atoms with Gasteiger partial charge in [0.15, 0.2) is 0 Å². The lowest BCUT2D eigenvalue weighted by Gasteiger charge is -2.30. The molecule has 9 heteroatoms. The minimum Gasteiger partial charge on any atom is -0.756 e. The molecule has 0 saturated heterocycles. The Morgan fingerprint density at radius 1 is 0.437 bits per heavy atom. The van der Waals surface area contributed by atoms with Gasteiger partial charge in [-0.15, -0.1) is 0 Å². The van der Waals surface area contributed by atoms with Gasteiger partial charge in [0.2, 0.25) is 5.91 Å². The first-order chi connectivity index (χ1) is 34.5. The zero-order valence-electron chi connectivity index (χ0n) is 48.7. The van der Waals surface area contributed by atoms with E-state index in [0.717, 1.165) is 38.5 Å². The minimum atomic E-state index is -4.57. The first kappa shape index (κ1) is 70.5. The summed E-state index contributed by atoms with van der Waals surface area (Å²) in [6.07, 6.45) is 65.8. The Morgan fingerprint density at radius 3 is 0.958 bits per heavy atom. The average Bonchev–Trinajstić information content (AvgIpc) is 3.33. The molecule has 3 atom stereocenters. The molecule has 0 aliphatic carbocycles. The molecule has 71 heavy (non-hydrogen) atoms.